The molecule has 0 aromatic heterocycles. The first-order valence-electron chi connectivity index (χ1n) is 12.2. The molecule has 0 aromatic carbocycles. The van der Waals surface area contributed by atoms with E-state index in [4.69, 9.17) is 18.9 Å². The van der Waals surface area contributed by atoms with Crippen molar-refractivity contribution in [2.24, 2.45) is 11.8 Å². The van der Waals surface area contributed by atoms with Crippen molar-refractivity contribution in [1.82, 2.24) is 0 Å². The molecule has 0 heterocycles. The summed E-state index contributed by atoms with van der Waals surface area (Å²) in [5, 5.41) is 0. The van der Waals surface area contributed by atoms with Crippen molar-refractivity contribution in [2.75, 3.05) is 37.9 Å². The Morgan fingerprint density at radius 1 is 0.657 bits per heavy atom. The van der Waals surface area contributed by atoms with Gasteiger partial charge in [-0.05, 0) is 38.5 Å². The van der Waals surface area contributed by atoms with Gasteiger partial charge in [0, 0.05) is 12.8 Å². The summed E-state index contributed by atoms with van der Waals surface area (Å²) in [7, 11) is 0. The molecule has 0 aliphatic rings. The van der Waals surface area contributed by atoms with E-state index in [-0.39, 0.29) is 48.1 Å². The van der Waals surface area contributed by atoms with Crippen molar-refractivity contribution in [1.29, 1.82) is 0 Å². The summed E-state index contributed by atoms with van der Waals surface area (Å²) >= 11 is 9.27. The molecule has 0 aliphatic heterocycles. The third kappa shape index (κ3) is 60.6. The zero-order valence-corrected chi connectivity index (χ0v) is 28.0. The minimum Gasteiger partial charge on any atom is -0.792 e. The summed E-state index contributed by atoms with van der Waals surface area (Å²) in [6.07, 6.45) is 3.05. The van der Waals surface area contributed by atoms with E-state index >= 15 is 0 Å². The van der Waals surface area contributed by atoms with E-state index in [1.165, 1.54) is 0 Å². The summed E-state index contributed by atoms with van der Waals surface area (Å²) in [5.74, 6) is 1.54. The Kier molecular flexibility index (Phi) is 47.3. The molecular weight excluding hydrogens is 591 g/mol. The van der Waals surface area contributed by atoms with E-state index in [0.29, 0.717) is 62.6 Å². The molecule has 2 atom stereocenters. The van der Waals surface area contributed by atoms with Crippen LogP contribution in [0.1, 0.15) is 81.1 Å². The van der Waals surface area contributed by atoms with Gasteiger partial charge in [0.05, 0.1) is 25.4 Å². The number of hydrogen-bond acceptors (Lipinski definition) is 8. The fourth-order valence-corrected chi connectivity index (χ4v) is 1.69. The van der Waals surface area contributed by atoms with E-state index in [9.17, 15) is 9.59 Å². The van der Waals surface area contributed by atoms with Gasteiger partial charge in [0.25, 0.3) is 0 Å². The molecule has 35 heavy (non-hydrogen) atoms. The van der Waals surface area contributed by atoms with Gasteiger partial charge in [-0.1, -0.05) is 55.4 Å². The Morgan fingerprint density at radius 3 is 1.11 bits per heavy atom. The van der Waals surface area contributed by atoms with E-state index in [0.717, 1.165) is 12.8 Å². The maximum atomic E-state index is 10.8. The van der Waals surface area contributed by atoms with Gasteiger partial charge in [0.1, 0.15) is 13.2 Å². The van der Waals surface area contributed by atoms with Crippen LogP contribution in [-0.4, -0.2) is 86.0 Å². The number of ether oxygens (including phenoxy) is 4. The number of hydrogen-bond donors (Lipinski definition) is 0. The van der Waals surface area contributed by atoms with Gasteiger partial charge in [-0.3, -0.25) is 9.59 Å². The first-order valence-corrected chi connectivity index (χ1v) is 13.4. The van der Waals surface area contributed by atoms with Crippen molar-refractivity contribution in [3.05, 3.63) is 13.8 Å². The van der Waals surface area contributed by atoms with Crippen molar-refractivity contribution in [3.8, 4) is 0 Å². The van der Waals surface area contributed by atoms with Gasteiger partial charge in [-0.15, -0.1) is 0 Å². The number of esters is 2. The minimum absolute atomic E-state index is 0. The van der Waals surface area contributed by atoms with Crippen LogP contribution in [-0.2, 0) is 53.8 Å². The molecular formula is C26H52O6S2Sn. The van der Waals surface area contributed by atoms with Gasteiger partial charge in [-0.2, -0.15) is 11.5 Å². The van der Waals surface area contributed by atoms with Gasteiger partial charge < -0.3 is 44.2 Å². The molecule has 208 valence electrons. The fraction of sp³-hybridized carbons (Fsp3) is 0.846. The maximum Gasteiger partial charge on any atom is 2.00 e. The quantitative estimate of drug-likeness (QED) is 0.112. The second-order valence-corrected chi connectivity index (χ2v) is 9.13. The Morgan fingerprint density at radius 2 is 0.914 bits per heavy atom. The Hall–Kier alpha value is 0.359. The van der Waals surface area contributed by atoms with Crippen LogP contribution in [0.4, 0.5) is 0 Å². The van der Waals surface area contributed by atoms with Crippen LogP contribution in [0, 0.1) is 25.7 Å². The molecule has 0 amide bonds. The second-order valence-electron chi connectivity index (χ2n) is 8.32. The fourth-order valence-electron chi connectivity index (χ4n) is 1.36. The van der Waals surface area contributed by atoms with Crippen molar-refractivity contribution < 1.29 is 28.5 Å². The molecule has 9 heteroatoms. The average Bonchev–Trinajstić information content (AvgIpc) is 2.74. The molecule has 0 bridgehead atoms. The smallest absolute Gasteiger partial charge is 0.792 e. The van der Waals surface area contributed by atoms with Crippen LogP contribution >= 0.6 is 0 Å². The average molecular weight is 644 g/mol. The number of rotatable bonds is 14. The molecule has 0 fully saturated rings. The molecule has 0 N–H and O–H groups in total. The molecule has 0 saturated heterocycles. The Labute approximate surface area is 245 Å². The monoisotopic (exact) mass is 644 g/mol. The van der Waals surface area contributed by atoms with Gasteiger partial charge in [0.2, 0.25) is 0 Å². The van der Waals surface area contributed by atoms with Crippen molar-refractivity contribution in [2.45, 2.75) is 93.3 Å². The van der Waals surface area contributed by atoms with Crippen LogP contribution in [0.15, 0.2) is 0 Å². The Balaban J connectivity index is -0.000000128. The first kappa shape index (κ1) is 45.3. The summed E-state index contributed by atoms with van der Waals surface area (Å²) in [4.78, 5) is 21.6. The van der Waals surface area contributed by atoms with Crippen LogP contribution < -0.4 is 0 Å². The third-order valence-electron chi connectivity index (χ3n) is 3.26. The van der Waals surface area contributed by atoms with Crippen molar-refractivity contribution in [3.63, 3.8) is 0 Å². The number of carbonyl (C=O) groups is 2. The summed E-state index contributed by atoms with van der Waals surface area (Å²) in [6.45, 7) is 25.2. The van der Waals surface area contributed by atoms with Gasteiger partial charge >= 0.3 is 35.8 Å². The normalized spacial score (nSPS) is 11.4. The van der Waals surface area contributed by atoms with Crippen LogP contribution in [0.3, 0.4) is 0 Å². The molecule has 0 saturated carbocycles. The molecule has 0 aromatic rings. The molecule has 0 rings (SSSR count). The Bertz CT molecular complexity index is 383. The second kappa shape index (κ2) is 36.5. The van der Waals surface area contributed by atoms with E-state index in [1.807, 2.05) is 27.7 Å². The molecule has 0 spiro atoms. The standard InChI is InChI=1S/2C9H18O3S.2C4H9.Sn/c2*1-3-8(2)11-5-6-12-9(10)4-7-13;2*1-4(2)3;/h2*8,13H,3-7H2,1-2H3;2*4H,1H2,2-3H3;/q;;;;+2/p-2. The molecule has 4 radical (unpaired) electrons. The predicted molar refractivity (Wildman–Crippen MR) is 153 cm³/mol. The van der Waals surface area contributed by atoms with Crippen LogP contribution in [0.25, 0.3) is 0 Å². The van der Waals surface area contributed by atoms with Crippen LogP contribution in [0.5, 0.6) is 0 Å². The maximum absolute atomic E-state index is 10.8. The number of carbonyl (C=O) groups excluding carboxylic acids is 2. The van der Waals surface area contributed by atoms with E-state index in [2.05, 4.69) is 66.8 Å². The largest absolute Gasteiger partial charge is 2.00 e. The SMILES string of the molecule is CCC(C)OCCOC(=O)CC[S-].CCC(C)OCCOC(=O)CC[S-].[CH2]C(C)C.[CH2]C(C)C.[Sn+2]. The minimum atomic E-state index is -0.234. The summed E-state index contributed by atoms with van der Waals surface area (Å²) in [6, 6.07) is 0. The van der Waals surface area contributed by atoms with Crippen molar-refractivity contribution >= 4 is 61.1 Å². The zero-order valence-electron chi connectivity index (χ0n) is 23.6. The molecule has 6 nitrogen and oxygen atoms in total. The topological polar surface area (TPSA) is 71.1 Å². The molecule has 0 aliphatic carbocycles. The first-order chi connectivity index (χ1) is 15.9. The predicted octanol–water partition coefficient (Wildman–Crippen LogP) is 5.14. The van der Waals surface area contributed by atoms with Gasteiger partial charge in [-0.25, -0.2) is 0 Å². The van der Waals surface area contributed by atoms with Gasteiger partial charge in [0.15, 0.2) is 0 Å². The molecule has 2 unspecified atom stereocenters. The van der Waals surface area contributed by atoms with Crippen LogP contribution in [0.2, 0.25) is 0 Å². The summed E-state index contributed by atoms with van der Waals surface area (Å²) < 4.78 is 20.3. The summed E-state index contributed by atoms with van der Waals surface area (Å²) in [5.41, 5.74) is 0. The van der Waals surface area contributed by atoms with E-state index < -0.39 is 0 Å². The third-order valence-corrected chi connectivity index (χ3v) is 3.67. The van der Waals surface area contributed by atoms with E-state index in [1.54, 1.807) is 0 Å². The zero-order chi connectivity index (χ0) is 27.4.